The molecule has 1 aromatic carbocycles. The quantitative estimate of drug-likeness (QED) is 0.665. The lowest BCUT2D eigenvalue weighted by molar-refractivity contribution is -0.00876. The van der Waals surface area contributed by atoms with Crippen LogP contribution in [0.5, 0.6) is 0 Å². The van der Waals surface area contributed by atoms with Gasteiger partial charge in [-0.25, -0.2) is 8.78 Å². The van der Waals surface area contributed by atoms with Gasteiger partial charge in [-0.2, -0.15) is 0 Å². The summed E-state index contributed by atoms with van der Waals surface area (Å²) in [6, 6.07) is 9.55. The molecule has 0 heterocycles. The van der Waals surface area contributed by atoms with E-state index >= 15 is 0 Å². The summed E-state index contributed by atoms with van der Waals surface area (Å²) < 4.78 is 26.2. The zero-order valence-electron chi connectivity index (χ0n) is 8.72. The van der Waals surface area contributed by atoms with Crippen LogP contribution in [0.25, 0.3) is 0 Å². The fourth-order valence-corrected chi connectivity index (χ4v) is 1.63. The fraction of sp³-hybridized carbons (Fsp3) is 0.500. The molecule has 0 spiro atoms. The Bertz CT molecular complexity index is 285. The van der Waals surface area contributed by atoms with Gasteiger partial charge < -0.3 is 0 Å². The molecular formula is C12H15ClF2. The molecular weight excluding hydrogens is 218 g/mol. The van der Waals surface area contributed by atoms with E-state index in [0.717, 1.165) is 5.56 Å². The van der Waals surface area contributed by atoms with Gasteiger partial charge in [0, 0.05) is 6.42 Å². The van der Waals surface area contributed by atoms with Crippen LogP contribution in [-0.4, -0.2) is 11.3 Å². The highest BCUT2D eigenvalue weighted by atomic mass is 35.5. The average molecular weight is 233 g/mol. The molecule has 0 fully saturated rings. The highest BCUT2D eigenvalue weighted by molar-refractivity contribution is 6.21. The lowest BCUT2D eigenvalue weighted by atomic mass is 10.0. The SMILES string of the molecule is CCC(F)(F)C(Cl)CCc1ccccc1. The second kappa shape index (κ2) is 5.45. The van der Waals surface area contributed by atoms with E-state index in [1.54, 1.807) is 0 Å². The van der Waals surface area contributed by atoms with E-state index in [2.05, 4.69) is 0 Å². The van der Waals surface area contributed by atoms with Gasteiger partial charge >= 0.3 is 0 Å². The lowest BCUT2D eigenvalue weighted by Crippen LogP contribution is -2.28. The Hall–Kier alpha value is -0.630. The van der Waals surface area contributed by atoms with Crippen molar-refractivity contribution in [2.24, 2.45) is 0 Å². The summed E-state index contributed by atoms with van der Waals surface area (Å²) in [6.07, 6.45) is 0.715. The normalized spacial score (nSPS) is 13.9. The van der Waals surface area contributed by atoms with E-state index in [4.69, 9.17) is 11.6 Å². The van der Waals surface area contributed by atoms with Gasteiger partial charge in [0.15, 0.2) is 0 Å². The lowest BCUT2D eigenvalue weighted by Gasteiger charge is -2.20. The largest absolute Gasteiger partial charge is 0.263 e. The maximum Gasteiger partial charge on any atom is 0.263 e. The molecule has 1 atom stereocenters. The van der Waals surface area contributed by atoms with Crippen LogP contribution in [0.1, 0.15) is 25.3 Å². The number of rotatable bonds is 5. The number of halogens is 3. The van der Waals surface area contributed by atoms with Crippen LogP contribution < -0.4 is 0 Å². The van der Waals surface area contributed by atoms with Crippen LogP contribution >= 0.6 is 11.6 Å². The van der Waals surface area contributed by atoms with Crippen molar-refractivity contribution in [3.8, 4) is 0 Å². The first-order valence-electron chi connectivity index (χ1n) is 5.12. The zero-order valence-corrected chi connectivity index (χ0v) is 9.48. The first kappa shape index (κ1) is 12.4. The molecule has 15 heavy (non-hydrogen) atoms. The van der Waals surface area contributed by atoms with Crippen molar-refractivity contribution >= 4 is 11.6 Å². The molecule has 3 heteroatoms. The molecule has 0 radical (unpaired) electrons. The van der Waals surface area contributed by atoms with E-state index in [1.807, 2.05) is 30.3 Å². The molecule has 0 saturated carbocycles. The van der Waals surface area contributed by atoms with Crippen molar-refractivity contribution in [2.45, 2.75) is 37.5 Å². The highest BCUT2D eigenvalue weighted by Gasteiger charge is 2.35. The maximum atomic E-state index is 13.1. The summed E-state index contributed by atoms with van der Waals surface area (Å²) in [4.78, 5) is 0. The van der Waals surface area contributed by atoms with Gasteiger partial charge in [0.2, 0.25) is 0 Å². The van der Waals surface area contributed by atoms with Gasteiger partial charge in [-0.3, -0.25) is 0 Å². The molecule has 0 aliphatic rings. The summed E-state index contributed by atoms with van der Waals surface area (Å²) in [5, 5.41) is -1.07. The third kappa shape index (κ3) is 3.78. The van der Waals surface area contributed by atoms with E-state index in [9.17, 15) is 8.78 Å². The third-order valence-corrected chi connectivity index (χ3v) is 3.00. The maximum absolute atomic E-state index is 13.1. The minimum Gasteiger partial charge on any atom is -0.205 e. The molecule has 1 unspecified atom stereocenters. The summed E-state index contributed by atoms with van der Waals surface area (Å²) in [6.45, 7) is 1.46. The van der Waals surface area contributed by atoms with Crippen LogP contribution in [0.2, 0.25) is 0 Å². The van der Waals surface area contributed by atoms with Crippen molar-refractivity contribution in [1.82, 2.24) is 0 Å². The van der Waals surface area contributed by atoms with Gasteiger partial charge in [0.1, 0.15) is 0 Å². The Kier molecular flexibility index (Phi) is 4.52. The van der Waals surface area contributed by atoms with Crippen molar-refractivity contribution < 1.29 is 8.78 Å². The van der Waals surface area contributed by atoms with Crippen LogP contribution in [0.4, 0.5) is 8.78 Å². The summed E-state index contributed by atoms with van der Waals surface area (Å²) >= 11 is 5.67. The first-order valence-corrected chi connectivity index (χ1v) is 5.55. The first-order chi connectivity index (χ1) is 7.06. The summed E-state index contributed by atoms with van der Waals surface area (Å²) in [7, 11) is 0. The standard InChI is InChI=1S/C12H15ClF2/c1-2-12(14,15)11(13)9-8-10-6-4-3-5-7-10/h3-7,11H,2,8-9H2,1H3. The van der Waals surface area contributed by atoms with Gasteiger partial charge in [-0.05, 0) is 18.4 Å². The second-order valence-electron chi connectivity index (χ2n) is 3.61. The molecule has 0 amide bonds. The highest BCUT2D eigenvalue weighted by Crippen LogP contribution is 2.29. The predicted molar refractivity (Wildman–Crippen MR) is 59.6 cm³/mol. The third-order valence-electron chi connectivity index (χ3n) is 2.46. The predicted octanol–water partition coefficient (Wildman–Crippen LogP) is 4.27. The summed E-state index contributed by atoms with van der Waals surface area (Å²) in [5.41, 5.74) is 1.05. The van der Waals surface area contributed by atoms with Gasteiger partial charge in [-0.1, -0.05) is 37.3 Å². The molecule has 0 aliphatic carbocycles. The minimum atomic E-state index is -2.75. The monoisotopic (exact) mass is 232 g/mol. The Morgan fingerprint density at radius 3 is 2.40 bits per heavy atom. The zero-order chi connectivity index (χ0) is 11.3. The number of benzene rings is 1. The van der Waals surface area contributed by atoms with Gasteiger partial charge in [-0.15, -0.1) is 11.6 Å². The second-order valence-corrected chi connectivity index (χ2v) is 4.13. The van der Waals surface area contributed by atoms with Crippen molar-refractivity contribution in [1.29, 1.82) is 0 Å². The fourth-order valence-electron chi connectivity index (χ4n) is 1.37. The van der Waals surface area contributed by atoms with E-state index in [-0.39, 0.29) is 6.42 Å². The molecule has 0 aliphatic heterocycles. The summed E-state index contributed by atoms with van der Waals surface area (Å²) in [5.74, 6) is -2.75. The molecule has 0 saturated heterocycles. The number of hydrogen-bond acceptors (Lipinski definition) is 0. The smallest absolute Gasteiger partial charge is 0.205 e. The molecule has 0 N–H and O–H groups in total. The minimum absolute atomic E-state index is 0.198. The van der Waals surface area contributed by atoms with Crippen molar-refractivity contribution in [3.05, 3.63) is 35.9 Å². The Labute approximate surface area is 94.3 Å². The van der Waals surface area contributed by atoms with Crippen molar-refractivity contribution in [2.75, 3.05) is 0 Å². The topological polar surface area (TPSA) is 0 Å². The number of alkyl halides is 3. The van der Waals surface area contributed by atoms with Gasteiger partial charge in [0.05, 0.1) is 5.38 Å². The van der Waals surface area contributed by atoms with E-state index in [0.29, 0.717) is 12.8 Å². The Morgan fingerprint density at radius 1 is 1.27 bits per heavy atom. The van der Waals surface area contributed by atoms with E-state index < -0.39 is 11.3 Å². The molecule has 1 aromatic rings. The molecule has 0 nitrogen and oxygen atoms in total. The van der Waals surface area contributed by atoms with Crippen LogP contribution in [0.15, 0.2) is 30.3 Å². The van der Waals surface area contributed by atoms with Crippen LogP contribution in [-0.2, 0) is 6.42 Å². The van der Waals surface area contributed by atoms with Gasteiger partial charge in [0.25, 0.3) is 5.92 Å². The molecule has 0 bridgehead atoms. The Morgan fingerprint density at radius 2 is 1.87 bits per heavy atom. The molecule has 84 valence electrons. The molecule has 1 rings (SSSR count). The number of aryl methyl sites for hydroxylation is 1. The van der Waals surface area contributed by atoms with E-state index in [1.165, 1.54) is 6.92 Å². The van der Waals surface area contributed by atoms with Crippen LogP contribution in [0, 0.1) is 0 Å². The van der Waals surface area contributed by atoms with Crippen LogP contribution in [0.3, 0.4) is 0 Å². The van der Waals surface area contributed by atoms with Crippen molar-refractivity contribution in [3.63, 3.8) is 0 Å². The average Bonchev–Trinajstić information content (AvgIpc) is 2.27. The molecule has 0 aromatic heterocycles. The number of hydrogen-bond donors (Lipinski definition) is 0. The Balaban J connectivity index is 2.44.